The highest BCUT2D eigenvalue weighted by molar-refractivity contribution is 5.73. The van der Waals surface area contributed by atoms with E-state index in [0.717, 1.165) is 44.7 Å². The Bertz CT molecular complexity index is 586. The molecule has 0 unspecified atom stereocenters. The van der Waals surface area contributed by atoms with Crippen molar-refractivity contribution in [3.63, 3.8) is 0 Å². The Morgan fingerprint density at radius 2 is 2.08 bits per heavy atom. The zero-order valence-electron chi connectivity index (χ0n) is 15.3. The molecule has 3 rings (SSSR count). The molecule has 1 aliphatic heterocycles. The molecule has 0 bridgehead atoms. The maximum Gasteiger partial charge on any atom is 0.217 e. The van der Waals surface area contributed by atoms with E-state index in [9.17, 15) is 4.79 Å². The SMILES string of the molecule is CCc1nc(CN2C[C@H]3C[C@@H](NC(C)=O)[C@H](OC)C[C@H]3C2)c(C)[nH]1. The molecule has 0 radical (unpaired) electrons. The van der Waals surface area contributed by atoms with Gasteiger partial charge < -0.3 is 15.0 Å². The van der Waals surface area contributed by atoms with Gasteiger partial charge in [0.15, 0.2) is 0 Å². The number of nitrogens with zero attached hydrogens (tertiary/aromatic N) is 2. The number of fused-ring (bicyclic) bond motifs is 1. The van der Waals surface area contributed by atoms with Crippen LogP contribution in [0.15, 0.2) is 0 Å². The Labute approximate surface area is 144 Å². The number of aromatic amines is 1. The molecule has 1 saturated carbocycles. The first kappa shape index (κ1) is 17.4. The lowest BCUT2D eigenvalue weighted by molar-refractivity contribution is -0.121. The summed E-state index contributed by atoms with van der Waals surface area (Å²) in [5.41, 5.74) is 2.36. The molecular weight excluding hydrogens is 304 g/mol. The normalized spacial score (nSPS) is 30.3. The van der Waals surface area contributed by atoms with Gasteiger partial charge in [-0.3, -0.25) is 9.69 Å². The van der Waals surface area contributed by atoms with Crippen LogP contribution in [-0.2, 0) is 22.5 Å². The van der Waals surface area contributed by atoms with Gasteiger partial charge in [0.2, 0.25) is 5.91 Å². The number of hydrogen-bond donors (Lipinski definition) is 2. The van der Waals surface area contributed by atoms with Crippen LogP contribution in [0, 0.1) is 18.8 Å². The zero-order chi connectivity index (χ0) is 17.3. The lowest BCUT2D eigenvalue weighted by Gasteiger charge is -2.37. The van der Waals surface area contributed by atoms with E-state index in [1.54, 1.807) is 14.0 Å². The predicted molar refractivity (Wildman–Crippen MR) is 92.6 cm³/mol. The van der Waals surface area contributed by atoms with E-state index in [4.69, 9.17) is 9.72 Å². The number of amides is 1. The molecule has 4 atom stereocenters. The molecular formula is C18H30N4O2. The minimum atomic E-state index is 0.0367. The summed E-state index contributed by atoms with van der Waals surface area (Å²) in [5, 5.41) is 3.08. The summed E-state index contributed by atoms with van der Waals surface area (Å²) in [6.45, 7) is 8.93. The Hall–Kier alpha value is -1.40. The van der Waals surface area contributed by atoms with Gasteiger partial charge in [0.05, 0.1) is 17.8 Å². The number of H-pyrrole nitrogens is 1. The predicted octanol–water partition coefficient (Wildman–Crippen LogP) is 1.64. The minimum absolute atomic E-state index is 0.0367. The summed E-state index contributed by atoms with van der Waals surface area (Å²) in [5.74, 6) is 2.40. The van der Waals surface area contributed by atoms with E-state index in [1.165, 1.54) is 11.4 Å². The minimum Gasteiger partial charge on any atom is -0.379 e. The van der Waals surface area contributed by atoms with Crippen molar-refractivity contribution in [2.45, 2.75) is 58.7 Å². The van der Waals surface area contributed by atoms with Crippen LogP contribution in [0.4, 0.5) is 0 Å². The number of likely N-dealkylation sites (tertiary alicyclic amines) is 1. The summed E-state index contributed by atoms with van der Waals surface area (Å²) in [7, 11) is 1.76. The van der Waals surface area contributed by atoms with E-state index in [-0.39, 0.29) is 18.1 Å². The maximum atomic E-state index is 11.5. The van der Waals surface area contributed by atoms with Gasteiger partial charge in [-0.2, -0.15) is 0 Å². The van der Waals surface area contributed by atoms with Crippen LogP contribution in [0.3, 0.4) is 0 Å². The van der Waals surface area contributed by atoms with Crippen LogP contribution in [0.2, 0.25) is 0 Å². The van der Waals surface area contributed by atoms with Gasteiger partial charge in [-0.05, 0) is 31.6 Å². The molecule has 24 heavy (non-hydrogen) atoms. The van der Waals surface area contributed by atoms with E-state index < -0.39 is 0 Å². The highest BCUT2D eigenvalue weighted by atomic mass is 16.5. The van der Waals surface area contributed by atoms with Gasteiger partial charge >= 0.3 is 0 Å². The summed E-state index contributed by atoms with van der Waals surface area (Å²) in [6, 6.07) is 0.146. The number of methoxy groups -OCH3 is 1. The molecule has 1 amide bonds. The highest BCUT2D eigenvalue weighted by Crippen LogP contribution is 2.38. The van der Waals surface area contributed by atoms with Gasteiger partial charge in [-0.15, -0.1) is 0 Å². The smallest absolute Gasteiger partial charge is 0.217 e. The van der Waals surface area contributed by atoms with Crippen LogP contribution in [0.25, 0.3) is 0 Å². The number of ether oxygens (including phenoxy) is 1. The third-order valence-corrected chi connectivity index (χ3v) is 5.63. The largest absolute Gasteiger partial charge is 0.379 e. The number of rotatable bonds is 5. The first-order valence-corrected chi connectivity index (χ1v) is 9.06. The second-order valence-corrected chi connectivity index (χ2v) is 7.38. The molecule has 0 spiro atoms. The molecule has 2 N–H and O–H groups in total. The molecule has 1 aliphatic carbocycles. The quantitative estimate of drug-likeness (QED) is 0.859. The lowest BCUT2D eigenvalue weighted by Crippen LogP contribution is -2.49. The summed E-state index contributed by atoms with van der Waals surface area (Å²) in [6.07, 6.45) is 3.12. The van der Waals surface area contributed by atoms with E-state index in [2.05, 4.69) is 29.0 Å². The van der Waals surface area contributed by atoms with Crippen LogP contribution in [0.1, 0.15) is 43.9 Å². The Morgan fingerprint density at radius 3 is 2.67 bits per heavy atom. The highest BCUT2D eigenvalue weighted by Gasteiger charge is 2.42. The average Bonchev–Trinajstić information content (AvgIpc) is 3.08. The monoisotopic (exact) mass is 334 g/mol. The van der Waals surface area contributed by atoms with Crippen molar-refractivity contribution in [1.82, 2.24) is 20.2 Å². The molecule has 2 aliphatic rings. The number of hydrogen-bond acceptors (Lipinski definition) is 4. The third-order valence-electron chi connectivity index (χ3n) is 5.63. The van der Waals surface area contributed by atoms with Gasteiger partial charge in [0.1, 0.15) is 5.82 Å². The van der Waals surface area contributed by atoms with Gasteiger partial charge in [-0.25, -0.2) is 4.98 Å². The lowest BCUT2D eigenvalue weighted by atomic mass is 9.77. The van der Waals surface area contributed by atoms with Crippen molar-refractivity contribution in [1.29, 1.82) is 0 Å². The first-order chi connectivity index (χ1) is 11.5. The Balaban J connectivity index is 1.63. The number of carbonyl (C=O) groups excluding carboxylic acids is 1. The number of nitrogens with one attached hydrogen (secondary N) is 2. The van der Waals surface area contributed by atoms with Crippen molar-refractivity contribution in [3.05, 3.63) is 17.2 Å². The van der Waals surface area contributed by atoms with Crippen molar-refractivity contribution in [2.24, 2.45) is 11.8 Å². The molecule has 1 saturated heterocycles. The number of imidazole rings is 1. The standard InChI is InChI=1S/C18H30N4O2/c1-5-18-19-11(2)16(21-18)10-22-8-13-6-15(20-12(3)23)17(24-4)7-14(13)9-22/h13-15,17H,5-10H2,1-4H3,(H,19,21)(H,20,23)/t13-,14+,15-,17-/m1/s1. The van der Waals surface area contributed by atoms with Gasteiger partial charge in [-0.1, -0.05) is 6.92 Å². The van der Waals surface area contributed by atoms with E-state index >= 15 is 0 Å². The van der Waals surface area contributed by atoms with Gasteiger partial charge in [0, 0.05) is 45.8 Å². The second kappa shape index (κ2) is 7.23. The van der Waals surface area contributed by atoms with Crippen LogP contribution < -0.4 is 5.32 Å². The van der Waals surface area contributed by atoms with Crippen molar-refractivity contribution < 1.29 is 9.53 Å². The molecule has 2 fully saturated rings. The topological polar surface area (TPSA) is 70.2 Å². The fourth-order valence-electron chi connectivity index (χ4n) is 4.41. The van der Waals surface area contributed by atoms with Crippen molar-refractivity contribution in [3.8, 4) is 0 Å². The zero-order valence-corrected chi connectivity index (χ0v) is 15.3. The van der Waals surface area contributed by atoms with Crippen molar-refractivity contribution in [2.75, 3.05) is 20.2 Å². The molecule has 0 aromatic carbocycles. The molecule has 1 aromatic rings. The summed E-state index contributed by atoms with van der Waals surface area (Å²) in [4.78, 5) is 22.1. The fraction of sp³-hybridized carbons (Fsp3) is 0.778. The van der Waals surface area contributed by atoms with E-state index in [0.29, 0.717) is 11.8 Å². The Morgan fingerprint density at radius 1 is 1.38 bits per heavy atom. The summed E-state index contributed by atoms with van der Waals surface area (Å²) >= 11 is 0. The number of carbonyl (C=O) groups is 1. The molecule has 6 heteroatoms. The first-order valence-electron chi connectivity index (χ1n) is 9.06. The van der Waals surface area contributed by atoms with Crippen molar-refractivity contribution >= 4 is 5.91 Å². The second-order valence-electron chi connectivity index (χ2n) is 7.38. The van der Waals surface area contributed by atoms with Crippen LogP contribution >= 0.6 is 0 Å². The Kier molecular flexibility index (Phi) is 5.25. The molecule has 1 aromatic heterocycles. The third kappa shape index (κ3) is 3.64. The number of aromatic nitrogens is 2. The average molecular weight is 334 g/mol. The summed E-state index contributed by atoms with van der Waals surface area (Å²) < 4.78 is 5.65. The fourth-order valence-corrected chi connectivity index (χ4v) is 4.41. The molecule has 6 nitrogen and oxygen atoms in total. The van der Waals surface area contributed by atoms with Crippen LogP contribution in [0.5, 0.6) is 0 Å². The molecule has 134 valence electrons. The number of aryl methyl sites for hydroxylation is 2. The van der Waals surface area contributed by atoms with E-state index in [1.807, 2.05) is 0 Å². The van der Waals surface area contributed by atoms with Gasteiger partial charge in [0.25, 0.3) is 0 Å². The van der Waals surface area contributed by atoms with Crippen LogP contribution in [-0.4, -0.2) is 53.1 Å². The maximum absolute atomic E-state index is 11.5. The molecule has 2 heterocycles.